The summed E-state index contributed by atoms with van der Waals surface area (Å²) < 4.78 is 12.1. The summed E-state index contributed by atoms with van der Waals surface area (Å²) in [6, 6.07) is 15.5. The maximum absolute atomic E-state index is 12.6. The highest BCUT2D eigenvalue weighted by Crippen LogP contribution is 2.18. The number of hydrogen-bond acceptors (Lipinski definition) is 5. The molecule has 2 heterocycles. The van der Waals surface area contributed by atoms with Gasteiger partial charge in [0.05, 0.1) is 18.7 Å². The van der Waals surface area contributed by atoms with Crippen molar-refractivity contribution in [2.75, 3.05) is 38.3 Å². The third-order valence-corrected chi connectivity index (χ3v) is 5.28. The van der Waals surface area contributed by atoms with E-state index < -0.39 is 5.76 Å². The minimum absolute atomic E-state index is 0.0144. The van der Waals surface area contributed by atoms with Crippen molar-refractivity contribution in [2.24, 2.45) is 0 Å². The monoisotopic (exact) mass is 395 g/mol. The molecular formula is C22H25N3O4. The Hall–Kier alpha value is -3.06. The zero-order valence-corrected chi connectivity index (χ0v) is 16.5. The zero-order valence-electron chi connectivity index (χ0n) is 16.5. The van der Waals surface area contributed by atoms with Crippen molar-refractivity contribution < 1.29 is 13.9 Å². The molecule has 7 heteroatoms. The SMILES string of the molecule is CN(Cc1ccc(N2CCOCC2)cc1)C(=O)CCn1c(=O)oc2ccccc21. The van der Waals surface area contributed by atoms with Crippen LogP contribution in [-0.2, 0) is 22.6 Å². The Morgan fingerprint density at radius 1 is 1.07 bits per heavy atom. The second-order valence-corrected chi connectivity index (χ2v) is 7.25. The van der Waals surface area contributed by atoms with Gasteiger partial charge in [-0.3, -0.25) is 9.36 Å². The number of aryl methyl sites for hydroxylation is 1. The highest BCUT2D eigenvalue weighted by molar-refractivity contribution is 5.76. The molecule has 1 aromatic heterocycles. The molecular weight excluding hydrogens is 370 g/mol. The van der Waals surface area contributed by atoms with E-state index >= 15 is 0 Å². The molecule has 1 saturated heterocycles. The Kier molecular flexibility index (Phi) is 5.67. The highest BCUT2D eigenvalue weighted by atomic mass is 16.5. The number of morpholine rings is 1. The number of oxazole rings is 1. The number of carbonyl (C=O) groups excluding carboxylic acids is 1. The Morgan fingerprint density at radius 2 is 1.79 bits per heavy atom. The molecule has 1 fully saturated rings. The number of aromatic nitrogens is 1. The maximum atomic E-state index is 12.6. The molecule has 7 nitrogen and oxygen atoms in total. The van der Waals surface area contributed by atoms with Gasteiger partial charge in [-0.1, -0.05) is 24.3 Å². The summed E-state index contributed by atoms with van der Waals surface area (Å²) in [5.41, 5.74) is 3.51. The molecule has 2 aromatic carbocycles. The van der Waals surface area contributed by atoms with E-state index in [1.807, 2.05) is 18.2 Å². The number of anilines is 1. The number of fused-ring (bicyclic) bond motifs is 1. The Morgan fingerprint density at radius 3 is 2.55 bits per heavy atom. The molecule has 3 aromatic rings. The number of rotatable bonds is 6. The first-order valence-electron chi connectivity index (χ1n) is 9.86. The molecule has 1 aliphatic heterocycles. The number of benzene rings is 2. The summed E-state index contributed by atoms with van der Waals surface area (Å²) in [4.78, 5) is 28.6. The van der Waals surface area contributed by atoms with Gasteiger partial charge in [-0.15, -0.1) is 0 Å². The van der Waals surface area contributed by atoms with Crippen LogP contribution in [0, 0.1) is 0 Å². The van der Waals surface area contributed by atoms with Gasteiger partial charge in [-0.25, -0.2) is 4.79 Å². The van der Waals surface area contributed by atoms with E-state index in [1.54, 1.807) is 18.0 Å². The normalized spacial score (nSPS) is 14.3. The van der Waals surface area contributed by atoms with Crippen LogP contribution in [-0.4, -0.2) is 48.7 Å². The van der Waals surface area contributed by atoms with Crippen LogP contribution in [0.5, 0.6) is 0 Å². The second kappa shape index (κ2) is 8.53. The lowest BCUT2D eigenvalue weighted by atomic mass is 10.1. The predicted octanol–water partition coefficient (Wildman–Crippen LogP) is 2.48. The smallest absolute Gasteiger partial charge is 0.408 e. The molecule has 0 unspecified atom stereocenters. The van der Waals surface area contributed by atoms with Gasteiger partial charge < -0.3 is 19.0 Å². The number of nitrogens with zero attached hydrogens (tertiary/aromatic N) is 3. The molecule has 0 atom stereocenters. The number of carbonyl (C=O) groups is 1. The van der Waals surface area contributed by atoms with Crippen LogP contribution in [0.4, 0.5) is 5.69 Å². The summed E-state index contributed by atoms with van der Waals surface area (Å²) in [7, 11) is 1.79. The molecule has 0 radical (unpaired) electrons. The standard InChI is InChI=1S/C22H25N3O4/c1-23(16-17-6-8-18(9-7-17)24-12-14-28-15-13-24)21(26)10-11-25-19-4-2-3-5-20(19)29-22(25)27/h2-9H,10-16H2,1H3. The van der Waals surface area contributed by atoms with Crippen LogP contribution >= 0.6 is 0 Å². The van der Waals surface area contributed by atoms with E-state index in [2.05, 4.69) is 29.2 Å². The molecule has 4 rings (SSSR count). The first kappa shape index (κ1) is 19.3. The average molecular weight is 395 g/mol. The van der Waals surface area contributed by atoms with Crippen LogP contribution in [0.15, 0.2) is 57.7 Å². The Balaban J connectivity index is 1.34. The second-order valence-electron chi connectivity index (χ2n) is 7.25. The number of amides is 1. The molecule has 1 amide bonds. The third-order valence-electron chi connectivity index (χ3n) is 5.28. The molecule has 0 bridgehead atoms. The summed E-state index contributed by atoms with van der Waals surface area (Å²) in [6.07, 6.45) is 0.242. The van der Waals surface area contributed by atoms with Crippen molar-refractivity contribution in [3.63, 3.8) is 0 Å². The van der Waals surface area contributed by atoms with Crippen molar-refractivity contribution in [3.05, 3.63) is 64.6 Å². The lowest BCUT2D eigenvalue weighted by molar-refractivity contribution is -0.130. The minimum Gasteiger partial charge on any atom is -0.408 e. The number of hydrogen-bond donors (Lipinski definition) is 0. The van der Waals surface area contributed by atoms with Gasteiger partial charge in [0.1, 0.15) is 0 Å². The summed E-state index contributed by atoms with van der Waals surface area (Å²) in [5, 5.41) is 0. The lowest BCUT2D eigenvalue weighted by Gasteiger charge is -2.29. The van der Waals surface area contributed by atoms with E-state index in [4.69, 9.17) is 9.15 Å². The van der Waals surface area contributed by atoms with Crippen molar-refractivity contribution in [1.29, 1.82) is 0 Å². The van der Waals surface area contributed by atoms with Crippen LogP contribution in [0.1, 0.15) is 12.0 Å². The van der Waals surface area contributed by atoms with E-state index in [1.165, 1.54) is 10.3 Å². The van der Waals surface area contributed by atoms with Gasteiger partial charge in [0, 0.05) is 45.3 Å². The first-order valence-corrected chi connectivity index (χ1v) is 9.86. The molecule has 1 aliphatic rings. The van der Waals surface area contributed by atoms with Crippen molar-refractivity contribution >= 4 is 22.7 Å². The summed E-state index contributed by atoms with van der Waals surface area (Å²) in [6.45, 7) is 4.15. The Labute approximate surface area is 169 Å². The largest absolute Gasteiger partial charge is 0.419 e. The molecule has 0 spiro atoms. The fourth-order valence-corrected chi connectivity index (χ4v) is 3.62. The van der Waals surface area contributed by atoms with E-state index in [0.29, 0.717) is 24.2 Å². The van der Waals surface area contributed by atoms with E-state index in [0.717, 1.165) is 31.9 Å². The molecule has 0 saturated carbocycles. The molecule has 0 aliphatic carbocycles. The highest BCUT2D eigenvalue weighted by Gasteiger charge is 2.14. The van der Waals surface area contributed by atoms with Gasteiger partial charge in [0.25, 0.3) is 0 Å². The minimum atomic E-state index is -0.430. The number of ether oxygens (including phenoxy) is 1. The lowest BCUT2D eigenvalue weighted by Crippen LogP contribution is -2.36. The van der Waals surface area contributed by atoms with Gasteiger partial charge in [0.15, 0.2) is 5.58 Å². The quantitative estimate of drug-likeness (QED) is 0.641. The zero-order chi connectivity index (χ0) is 20.2. The Bertz CT molecular complexity index is 1030. The topological polar surface area (TPSA) is 67.9 Å². The van der Waals surface area contributed by atoms with E-state index in [-0.39, 0.29) is 12.3 Å². The molecule has 29 heavy (non-hydrogen) atoms. The van der Waals surface area contributed by atoms with Gasteiger partial charge in [-0.05, 0) is 29.8 Å². The van der Waals surface area contributed by atoms with Gasteiger partial charge >= 0.3 is 5.76 Å². The van der Waals surface area contributed by atoms with Crippen LogP contribution in [0.25, 0.3) is 11.1 Å². The van der Waals surface area contributed by atoms with Crippen molar-refractivity contribution in [2.45, 2.75) is 19.5 Å². The van der Waals surface area contributed by atoms with Gasteiger partial charge in [0.2, 0.25) is 5.91 Å². The summed E-state index contributed by atoms with van der Waals surface area (Å²) >= 11 is 0. The first-order chi connectivity index (χ1) is 14.1. The predicted molar refractivity (Wildman–Crippen MR) is 111 cm³/mol. The number of para-hydroxylation sites is 2. The van der Waals surface area contributed by atoms with Gasteiger partial charge in [-0.2, -0.15) is 0 Å². The summed E-state index contributed by atoms with van der Waals surface area (Å²) in [5.74, 6) is -0.445. The maximum Gasteiger partial charge on any atom is 0.419 e. The van der Waals surface area contributed by atoms with Crippen molar-refractivity contribution in [1.82, 2.24) is 9.47 Å². The average Bonchev–Trinajstić information content (AvgIpc) is 3.08. The van der Waals surface area contributed by atoms with Crippen LogP contribution < -0.4 is 10.7 Å². The third kappa shape index (κ3) is 4.35. The van der Waals surface area contributed by atoms with Crippen LogP contribution in [0.3, 0.4) is 0 Å². The van der Waals surface area contributed by atoms with E-state index in [9.17, 15) is 9.59 Å². The fourth-order valence-electron chi connectivity index (χ4n) is 3.62. The molecule has 152 valence electrons. The fraction of sp³-hybridized carbons (Fsp3) is 0.364. The molecule has 0 N–H and O–H groups in total. The van der Waals surface area contributed by atoms with Crippen LogP contribution in [0.2, 0.25) is 0 Å². The van der Waals surface area contributed by atoms with Crippen molar-refractivity contribution in [3.8, 4) is 0 Å².